The maximum Gasteiger partial charge on any atom is 0.127 e. The average Bonchev–Trinajstić information content (AvgIpc) is 2.43. The Morgan fingerprint density at radius 2 is 1.95 bits per heavy atom. The number of benzene rings is 1. The molecule has 1 aromatic rings. The summed E-state index contributed by atoms with van der Waals surface area (Å²) < 4.78 is 10.6. The van der Waals surface area contributed by atoms with Gasteiger partial charge in [-0.25, -0.2) is 0 Å². The molecule has 1 aromatic carbocycles. The first-order chi connectivity index (χ1) is 9.12. The molecule has 0 spiro atoms. The molecule has 0 aliphatic rings. The van der Waals surface area contributed by atoms with Gasteiger partial charge in [0.2, 0.25) is 0 Å². The van der Waals surface area contributed by atoms with Crippen molar-refractivity contribution in [2.45, 2.75) is 20.4 Å². The summed E-state index contributed by atoms with van der Waals surface area (Å²) in [6, 6.07) is 5.87. The van der Waals surface area contributed by atoms with Gasteiger partial charge in [-0.1, -0.05) is 19.9 Å². The molecule has 0 saturated carbocycles. The fraction of sp³-hybridized carbons (Fsp3) is 0.600. The molecule has 0 saturated heterocycles. The van der Waals surface area contributed by atoms with Gasteiger partial charge in [0.1, 0.15) is 11.5 Å². The predicted molar refractivity (Wildman–Crippen MR) is 78.6 cm³/mol. The van der Waals surface area contributed by atoms with Crippen LogP contribution in [0.2, 0.25) is 0 Å². The minimum atomic E-state index is 0.504. The second kappa shape index (κ2) is 8.02. The monoisotopic (exact) mass is 266 g/mol. The van der Waals surface area contributed by atoms with Crippen LogP contribution in [0.4, 0.5) is 0 Å². The van der Waals surface area contributed by atoms with Crippen molar-refractivity contribution in [3.05, 3.63) is 23.8 Å². The van der Waals surface area contributed by atoms with E-state index in [-0.39, 0.29) is 0 Å². The number of hydrogen-bond donors (Lipinski definition) is 2. The van der Waals surface area contributed by atoms with Gasteiger partial charge in [0.25, 0.3) is 0 Å². The number of methoxy groups -OCH3 is 2. The Labute approximate surface area is 116 Å². The van der Waals surface area contributed by atoms with Crippen molar-refractivity contribution in [2.75, 3.05) is 27.3 Å². The molecule has 0 amide bonds. The molecular weight excluding hydrogens is 240 g/mol. The van der Waals surface area contributed by atoms with Crippen molar-refractivity contribution in [3.8, 4) is 11.5 Å². The van der Waals surface area contributed by atoms with Crippen molar-refractivity contribution in [1.82, 2.24) is 5.32 Å². The molecule has 0 bridgehead atoms. The first-order valence-electron chi connectivity index (χ1n) is 6.74. The molecule has 0 radical (unpaired) electrons. The molecule has 1 unspecified atom stereocenters. The van der Waals surface area contributed by atoms with Gasteiger partial charge in [-0.05, 0) is 31.0 Å². The van der Waals surface area contributed by atoms with Crippen LogP contribution in [0.1, 0.15) is 19.4 Å². The summed E-state index contributed by atoms with van der Waals surface area (Å²) in [7, 11) is 3.33. The number of rotatable bonds is 8. The van der Waals surface area contributed by atoms with Crippen LogP contribution in [0.3, 0.4) is 0 Å². The predicted octanol–water partition coefficient (Wildman–Crippen LogP) is 2.02. The fourth-order valence-electron chi connectivity index (χ4n) is 1.98. The Bertz CT molecular complexity index is 380. The minimum absolute atomic E-state index is 0.504. The molecule has 4 nitrogen and oxygen atoms in total. The normalized spacial score (nSPS) is 12.5. The summed E-state index contributed by atoms with van der Waals surface area (Å²) in [5.41, 5.74) is 6.89. The summed E-state index contributed by atoms with van der Waals surface area (Å²) in [5.74, 6) is 2.75. The summed E-state index contributed by atoms with van der Waals surface area (Å²) >= 11 is 0. The van der Waals surface area contributed by atoms with Gasteiger partial charge in [-0.3, -0.25) is 0 Å². The molecule has 0 aliphatic carbocycles. The van der Waals surface area contributed by atoms with E-state index in [1.54, 1.807) is 14.2 Å². The van der Waals surface area contributed by atoms with Crippen molar-refractivity contribution in [3.63, 3.8) is 0 Å². The molecule has 0 aliphatic heterocycles. The molecule has 4 heteroatoms. The van der Waals surface area contributed by atoms with Crippen molar-refractivity contribution < 1.29 is 9.47 Å². The van der Waals surface area contributed by atoms with Crippen LogP contribution in [0.5, 0.6) is 11.5 Å². The van der Waals surface area contributed by atoms with Crippen LogP contribution in [0.25, 0.3) is 0 Å². The smallest absolute Gasteiger partial charge is 0.127 e. The maximum absolute atomic E-state index is 5.77. The first-order valence-corrected chi connectivity index (χ1v) is 6.74. The van der Waals surface area contributed by atoms with E-state index in [4.69, 9.17) is 15.2 Å². The van der Waals surface area contributed by atoms with E-state index in [1.807, 2.05) is 18.2 Å². The second-order valence-corrected chi connectivity index (χ2v) is 5.05. The third-order valence-electron chi connectivity index (χ3n) is 3.46. The Kier molecular flexibility index (Phi) is 6.67. The molecule has 1 atom stereocenters. The lowest BCUT2D eigenvalue weighted by Crippen LogP contribution is -2.31. The highest BCUT2D eigenvalue weighted by Crippen LogP contribution is 2.24. The zero-order chi connectivity index (χ0) is 14.3. The van der Waals surface area contributed by atoms with Gasteiger partial charge in [-0.15, -0.1) is 0 Å². The lowest BCUT2D eigenvalue weighted by molar-refractivity contribution is 0.365. The number of hydrogen-bond acceptors (Lipinski definition) is 4. The number of nitrogens with one attached hydrogen (secondary N) is 1. The van der Waals surface area contributed by atoms with Gasteiger partial charge < -0.3 is 20.5 Å². The molecule has 0 heterocycles. The summed E-state index contributed by atoms with van der Waals surface area (Å²) in [6.45, 7) is 6.81. The highest BCUT2D eigenvalue weighted by molar-refractivity contribution is 5.40. The standard InChI is InChI=1S/C15H26N2O2/c1-11(2)13(8-16)10-17-9-12-5-6-14(18-3)7-15(12)19-4/h5-7,11,13,17H,8-10,16H2,1-4H3. The van der Waals surface area contributed by atoms with E-state index in [0.717, 1.165) is 30.2 Å². The van der Waals surface area contributed by atoms with Crippen LogP contribution in [-0.2, 0) is 6.54 Å². The van der Waals surface area contributed by atoms with E-state index in [9.17, 15) is 0 Å². The Morgan fingerprint density at radius 1 is 1.21 bits per heavy atom. The van der Waals surface area contributed by atoms with Crippen molar-refractivity contribution in [2.24, 2.45) is 17.6 Å². The maximum atomic E-state index is 5.77. The van der Waals surface area contributed by atoms with E-state index >= 15 is 0 Å². The second-order valence-electron chi connectivity index (χ2n) is 5.05. The van der Waals surface area contributed by atoms with Crippen LogP contribution >= 0.6 is 0 Å². The number of nitrogens with two attached hydrogens (primary N) is 1. The van der Waals surface area contributed by atoms with E-state index in [2.05, 4.69) is 19.2 Å². The molecule has 1 rings (SSSR count). The highest BCUT2D eigenvalue weighted by atomic mass is 16.5. The molecule has 19 heavy (non-hydrogen) atoms. The molecular formula is C15H26N2O2. The SMILES string of the molecule is COc1ccc(CNCC(CN)C(C)C)c(OC)c1. The van der Waals surface area contributed by atoms with E-state index in [1.165, 1.54) is 0 Å². The largest absolute Gasteiger partial charge is 0.497 e. The zero-order valence-corrected chi connectivity index (χ0v) is 12.4. The van der Waals surface area contributed by atoms with Crippen molar-refractivity contribution >= 4 is 0 Å². The molecule has 3 N–H and O–H groups in total. The Hall–Kier alpha value is -1.26. The van der Waals surface area contributed by atoms with Crippen LogP contribution in [0, 0.1) is 11.8 Å². The summed E-state index contributed by atoms with van der Waals surface area (Å²) in [5, 5.41) is 3.45. The van der Waals surface area contributed by atoms with Gasteiger partial charge in [0, 0.05) is 18.2 Å². The topological polar surface area (TPSA) is 56.5 Å². The summed E-state index contributed by atoms with van der Waals surface area (Å²) in [6.07, 6.45) is 0. The van der Waals surface area contributed by atoms with Gasteiger partial charge in [0.15, 0.2) is 0 Å². The van der Waals surface area contributed by atoms with Gasteiger partial charge >= 0.3 is 0 Å². The van der Waals surface area contributed by atoms with Crippen LogP contribution in [0.15, 0.2) is 18.2 Å². The highest BCUT2D eigenvalue weighted by Gasteiger charge is 2.11. The first kappa shape index (κ1) is 15.8. The summed E-state index contributed by atoms with van der Waals surface area (Å²) in [4.78, 5) is 0. The lowest BCUT2D eigenvalue weighted by Gasteiger charge is -2.19. The van der Waals surface area contributed by atoms with E-state index in [0.29, 0.717) is 18.4 Å². The average molecular weight is 266 g/mol. The van der Waals surface area contributed by atoms with Crippen LogP contribution < -0.4 is 20.5 Å². The Morgan fingerprint density at radius 3 is 2.47 bits per heavy atom. The fourth-order valence-corrected chi connectivity index (χ4v) is 1.98. The quantitative estimate of drug-likeness (QED) is 0.756. The Balaban J connectivity index is 2.57. The molecule has 0 fully saturated rings. The van der Waals surface area contributed by atoms with E-state index < -0.39 is 0 Å². The van der Waals surface area contributed by atoms with Crippen molar-refractivity contribution in [1.29, 1.82) is 0 Å². The minimum Gasteiger partial charge on any atom is -0.497 e. The third-order valence-corrected chi connectivity index (χ3v) is 3.46. The zero-order valence-electron chi connectivity index (χ0n) is 12.4. The molecule has 108 valence electrons. The van der Waals surface area contributed by atoms with Crippen LogP contribution in [-0.4, -0.2) is 27.3 Å². The number of ether oxygens (including phenoxy) is 2. The lowest BCUT2D eigenvalue weighted by atomic mass is 9.96. The van der Waals surface area contributed by atoms with Gasteiger partial charge in [0.05, 0.1) is 14.2 Å². The molecule has 0 aromatic heterocycles. The third kappa shape index (κ3) is 4.73. The van der Waals surface area contributed by atoms with Gasteiger partial charge in [-0.2, -0.15) is 0 Å².